The Morgan fingerprint density at radius 3 is 2.62 bits per heavy atom. The molecule has 0 amide bonds. The van der Waals surface area contributed by atoms with Crippen molar-refractivity contribution in [2.45, 2.75) is 6.04 Å². The van der Waals surface area contributed by atoms with Crippen LogP contribution in [0.2, 0.25) is 0 Å². The van der Waals surface area contributed by atoms with E-state index in [2.05, 4.69) is 53.6 Å². The second-order valence-electron chi connectivity index (χ2n) is 3.26. The van der Waals surface area contributed by atoms with Crippen molar-refractivity contribution in [1.82, 2.24) is 10.3 Å². The molecule has 0 aliphatic heterocycles. The van der Waals surface area contributed by atoms with E-state index in [1.165, 1.54) is 4.88 Å². The quantitative estimate of drug-likeness (QED) is 0.894. The first-order valence-electron chi connectivity index (χ1n) is 4.74. The third kappa shape index (κ3) is 2.53. The van der Waals surface area contributed by atoms with Crippen LogP contribution in [-0.2, 0) is 0 Å². The summed E-state index contributed by atoms with van der Waals surface area (Å²) in [5.41, 5.74) is 1.02. The van der Waals surface area contributed by atoms with Crippen LogP contribution in [0.5, 0.6) is 0 Å². The molecule has 2 aromatic heterocycles. The van der Waals surface area contributed by atoms with Crippen molar-refractivity contribution in [2.24, 2.45) is 0 Å². The molecule has 0 aromatic carbocycles. The maximum absolute atomic E-state index is 4.42. The highest BCUT2D eigenvalue weighted by Gasteiger charge is 2.17. The van der Waals surface area contributed by atoms with Crippen molar-refractivity contribution in [3.63, 3.8) is 0 Å². The van der Waals surface area contributed by atoms with Crippen LogP contribution in [0, 0.1) is 0 Å². The standard InChI is InChI=1S/C11H10Br2N2S/c1-14-10(11-8(13)4-5-16-11)9-3-2-7(12)6-15-9/h2-6,10,14H,1H3. The zero-order valence-electron chi connectivity index (χ0n) is 8.58. The molecule has 0 saturated heterocycles. The maximum atomic E-state index is 4.42. The average molecular weight is 362 g/mol. The minimum absolute atomic E-state index is 0.141. The minimum atomic E-state index is 0.141. The van der Waals surface area contributed by atoms with Gasteiger partial charge in [0.25, 0.3) is 0 Å². The number of halogens is 2. The average Bonchev–Trinajstić information content (AvgIpc) is 2.69. The Kier molecular flexibility index (Phi) is 4.13. The summed E-state index contributed by atoms with van der Waals surface area (Å²) in [6.07, 6.45) is 1.82. The van der Waals surface area contributed by atoms with Crippen LogP contribution in [0.1, 0.15) is 16.6 Å². The molecule has 0 bridgehead atoms. The fourth-order valence-corrected chi connectivity index (χ4v) is 3.44. The van der Waals surface area contributed by atoms with Crippen LogP contribution in [0.15, 0.2) is 38.7 Å². The highest BCUT2D eigenvalue weighted by Crippen LogP contribution is 2.32. The molecule has 0 aliphatic carbocycles. The van der Waals surface area contributed by atoms with Crippen molar-refractivity contribution in [1.29, 1.82) is 0 Å². The molecule has 2 rings (SSSR count). The van der Waals surface area contributed by atoms with Crippen molar-refractivity contribution < 1.29 is 0 Å². The van der Waals surface area contributed by atoms with Gasteiger partial charge in [-0.15, -0.1) is 11.3 Å². The van der Waals surface area contributed by atoms with E-state index in [1.54, 1.807) is 11.3 Å². The number of aromatic nitrogens is 1. The minimum Gasteiger partial charge on any atom is -0.307 e. The van der Waals surface area contributed by atoms with Crippen LogP contribution < -0.4 is 5.32 Å². The molecular weight excluding hydrogens is 352 g/mol. The van der Waals surface area contributed by atoms with E-state index in [1.807, 2.05) is 25.4 Å². The van der Waals surface area contributed by atoms with Crippen LogP contribution in [0.4, 0.5) is 0 Å². The summed E-state index contributed by atoms with van der Waals surface area (Å²) in [5, 5.41) is 5.36. The first kappa shape index (κ1) is 12.2. The molecule has 16 heavy (non-hydrogen) atoms. The highest BCUT2D eigenvalue weighted by molar-refractivity contribution is 9.10. The molecule has 2 aromatic rings. The van der Waals surface area contributed by atoms with Crippen LogP contribution >= 0.6 is 43.2 Å². The van der Waals surface area contributed by atoms with Gasteiger partial charge in [-0.2, -0.15) is 0 Å². The largest absolute Gasteiger partial charge is 0.307 e. The van der Waals surface area contributed by atoms with E-state index in [9.17, 15) is 0 Å². The van der Waals surface area contributed by atoms with Gasteiger partial charge in [-0.05, 0) is 62.5 Å². The number of nitrogens with one attached hydrogen (secondary N) is 1. The Bertz CT molecular complexity index is 467. The van der Waals surface area contributed by atoms with Crippen LogP contribution in [-0.4, -0.2) is 12.0 Å². The predicted octanol–water partition coefficient (Wildman–Crippen LogP) is 3.98. The molecule has 0 fully saturated rings. The summed E-state index contributed by atoms with van der Waals surface area (Å²) in [6.45, 7) is 0. The monoisotopic (exact) mass is 360 g/mol. The first-order chi connectivity index (χ1) is 7.72. The lowest BCUT2D eigenvalue weighted by molar-refractivity contribution is 0.679. The molecule has 2 heterocycles. The fourth-order valence-electron chi connectivity index (χ4n) is 1.48. The molecule has 0 aliphatic rings. The van der Waals surface area contributed by atoms with E-state index in [-0.39, 0.29) is 6.04 Å². The van der Waals surface area contributed by atoms with Crippen LogP contribution in [0.3, 0.4) is 0 Å². The van der Waals surface area contributed by atoms with Gasteiger partial charge in [0.05, 0.1) is 11.7 Å². The number of pyridine rings is 1. The van der Waals surface area contributed by atoms with Crippen molar-refractivity contribution in [2.75, 3.05) is 7.05 Å². The smallest absolute Gasteiger partial charge is 0.0853 e. The Morgan fingerprint density at radius 2 is 2.12 bits per heavy atom. The topological polar surface area (TPSA) is 24.9 Å². The number of hydrogen-bond acceptors (Lipinski definition) is 3. The second-order valence-corrected chi connectivity index (χ2v) is 5.97. The van der Waals surface area contributed by atoms with Gasteiger partial charge >= 0.3 is 0 Å². The summed E-state index contributed by atoms with van der Waals surface area (Å²) in [5.74, 6) is 0. The fraction of sp³-hybridized carbons (Fsp3) is 0.182. The lowest BCUT2D eigenvalue weighted by Crippen LogP contribution is -2.18. The Balaban J connectivity index is 2.37. The van der Waals surface area contributed by atoms with Crippen molar-refractivity contribution >= 4 is 43.2 Å². The number of nitrogens with zero attached hydrogens (tertiary/aromatic N) is 1. The molecule has 0 saturated carbocycles. The molecule has 84 valence electrons. The lowest BCUT2D eigenvalue weighted by Gasteiger charge is -2.14. The van der Waals surface area contributed by atoms with Crippen molar-refractivity contribution in [3.05, 3.63) is 49.3 Å². The molecule has 1 atom stereocenters. The van der Waals surface area contributed by atoms with Gasteiger partial charge in [-0.25, -0.2) is 0 Å². The predicted molar refractivity (Wildman–Crippen MR) is 74.9 cm³/mol. The molecule has 0 radical (unpaired) electrons. The first-order valence-corrected chi connectivity index (χ1v) is 7.20. The van der Waals surface area contributed by atoms with Gasteiger partial charge in [-0.1, -0.05) is 0 Å². The summed E-state index contributed by atoms with van der Waals surface area (Å²) >= 11 is 8.66. The molecule has 1 N–H and O–H groups in total. The lowest BCUT2D eigenvalue weighted by atomic mass is 10.1. The number of rotatable bonds is 3. The number of hydrogen-bond donors (Lipinski definition) is 1. The molecular formula is C11H10Br2N2S. The van der Waals surface area contributed by atoms with E-state index in [0.717, 1.165) is 14.6 Å². The van der Waals surface area contributed by atoms with E-state index in [4.69, 9.17) is 0 Å². The molecule has 1 unspecified atom stereocenters. The van der Waals surface area contributed by atoms with E-state index < -0.39 is 0 Å². The molecule has 0 spiro atoms. The summed E-state index contributed by atoms with van der Waals surface area (Å²) in [6, 6.07) is 6.23. The van der Waals surface area contributed by atoms with E-state index in [0.29, 0.717) is 0 Å². The van der Waals surface area contributed by atoms with Gasteiger partial charge in [-0.3, -0.25) is 4.98 Å². The normalized spacial score (nSPS) is 12.7. The molecule has 2 nitrogen and oxygen atoms in total. The Labute approximate surface area is 115 Å². The highest BCUT2D eigenvalue weighted by atomic mass is 79.9. The zero-order chi connectivity index (χ0) is 11.5. The molecule has 5 heteroatoms. The summed E-state index contributed by atoms with van der Waals surface area (Å²) in [7, 11) is 1.94. The Morgan fingerprint density at radius 1 is 1.31 bits per heavy atom. The maximum Gasteiger partial charge on any atom is 0.0853 e. The summed E-state index contributed by atoms with van der Waals surface area (Å²) < 4.78 is 2.12. The third-order valence-corrected chi connectivity index (χ3v) is 4.65. The van der Waals surface area contributed by atoms with Gasteiger partial charge in [0.2, 0.25) is 0 Å². The number of thiophene rings is 1. The Hall–Kier alpha value is -0.230. The third-order valence-electron chi connectivity index (χ3n) is 2.24. The SMILES string of the molecule is CNC(c1ccc(Br)cn1)c1sccc1Br. The van der Waals surface area contributed by atoms with Gasteiger partial charge < -0.3 is 5.32 Å². The van der Waals surface area contributed by atoms with E-state index >= 15 is 0 Å². The van der Waals surface area contributed by atoms with Gasteiger partial charge in [0.15, 0.2) is 0 Å². The zero-order valence-corrected chi connectivity index (χ0v) is 12.6. The summed E-state index contributed by atoms with van der Waals surface area (Å²) in [4.78, 5) is 5.67. The van der Waals surface area contributed by atoms with Gasteiger partial charge in [0, 0.05) is 20.0 Å². The van der Waals surface area contributed by atoms with Crippen LogP contribution in [0.25, 0.3) is 0 Å². The second kappa shape index (κ2) is 5.40. The van der Waals surface area contributed by atoms with Crippen molar-refractivity contribution in [3.8, 4) is 0 Å². The van der Waals surface area contributed by atoms with Gasteiger partial charge in [0.1, 0.15) is 0 Å².